The number of hydrogen-bond donors (Lipinski definition) is 2. The molecule has 3 rings (SSSR count). The fraction of sp³-hybridized carbons (Fsp3) is 0.500. The van der Waals surface area contributed by atoms with Crippen LogP contribution in [0.1, 0.15) is 57.8 Å². The first-order valence-corrected chi connectivity index (χ1v) is 9.67. The van der Waals surface area contributed by atoms with Crippen LogP contribution in [0, 0.1) is 6.92 Å². The van der Waals surface area contributed by atoms with Crippen LogP contribution in [-0.2, 0) is 19.5 Å². The zero-order valence-electron chi connectivity index (χ0n) is 16.0. The van der Waals surface area contributed by atoms with E-state index in [9.17, 15) is 9.59 Å². The molecule has 2 amide bonds. The number of fused-ring (bicyclic) bond motifs is 1. The normalized spacial score (nSPS) is 14.0. The summed E-state index contributed by atoms with van der Waals surface area (Å²) in [5, 5.41) is 7.69. The number of carbonyl (C=O) groups is 2. The molecule has 1 aliphatic heterocycles. The molecule has 0 atom stereocenters. The molecule has 0 unspecified atom stereocenters. The van der Waals surface area contributed by atoms with E-state index in [1.807, 2.05) is 13.8 Å². The standard InChI is InChI=1S/C18H25N5O2S.ClH/c1-5-23-11(4)8-13(21-23)17(25)20-18-15(16(19)24)12-6-7-22(10(2)3)9-14(12)26-18;/h8,10H,5-7,9H2,1-4H3,(H2,19,24)(H,20,25);1H. The molecule has 2 aromatic rings. The van der Waals surface area contributed by atoms with Gasteiger partial charge in [0.2, 0.25) is 0 Å². The monoisotopic (exact) mass is 411 g/mol. The Morgan fingerprint density at radius 3 is 2.67 bits per heavy atom. The minimum Gasteiger partial charge on any atom is -0.365 e. The van der Waals surface area contributed by atoms with Gasteiger partial charge < -0.3 is 11.1 Å². The molecule has 3 heterocycles. The Morgan fingerprint density at radius 2 is 2.11 bits per heavy atom. The maximum Gasteiger partial charge on any atom is 0.276 e. The number of anilines is 1. The third-order valence-corrected chi connectivity index (χ3v) is 5.94. The highest BCUT2D eigenvalue weighted by molar-refractivity contribution is 7.17. The lowest BCUT2D eigenvalue weighted by Crippen LogP contribution is -2.35. The summed E-state index contributed by atoms with van der Waals surface area (Å²) in [4.78, 5) is 28.1. The number of nitrogens with zero attached hydrogens (tertiary/aromatic N) is 3. The highest BCUT2D eigenvalue weighted by Gasteiger charge is 2.29. The lowest BCUT2D eigenvalue weighted by Gasteiger charge is -2.30. The summed E-state index contributed by atoms with van der Waals surface area (Å²) in [5.74, 6) is -0.812. The van der Waals surface area contributed by atoms with Gasteiger partial charge in [-0.1, -0.05) is 0 Å². The van der Waals surface area contributed by atoms with Gasteiger partial charge in [0.05, 0.1) is 5.56 Å². The van der Waals surface area contributed by atoms with E-state index < -0.39 is 5.91 Å². The zero-order chi connectivity index (χ0) is 19.0. The average molecular weight is 412 g/mol. The van der Waals surface area contributed by atoms with Crippen LogP contribution in [0.25, 0.3) is 0 Å². The van der Waals surface area contributed by atoms with Crippen LogP contribution in [0.4, 0.5) is 5.00 Å². The van der Waals surface area contributed by atoms with E-state index in [0.717, 1.165) is 35.6 Å². The number of aryl methyl sites for hydroxylation is 2. The molecule has 3 N–H and O–H groups in total. The molecule has 0 saturated carbocycles. The molecule has 0 radical (unpaired) electrons. The Bertz CT molecular complexity index is 858. The molecule has 27 heavy (non-hydrogen) atoms. The fourth-order valence-electron chi connectivity index (χ4n) is 3.32. The molecule has 148 valence electrons. The van der Waals surface area contributed by atoms with E-state index in [1.165, 1.54) is 11.3 Å². The molecule has 0 saturated heterocycles. The smallest absolute Gasteiger partial charge is 0.276 e. The Balaban J connectivity index is 0.00000261. The maximum atomic E-state index is 12.6. The van der Waals surface area contributed by atoms with Crippen molar-refractivity contribution in [1.82, 2.24) is 14.7 Å². The van der Waals surface area contributed by atoms with E-state index in [1.54, 1.807) is 10.7 Å². The van der Waals surface area contributed by atoms with Crippen LogP contribution < -0.4 is 11.1 Å². The Hall–Kier alpha value is -1.90. The van der Waals surface area contributed by atoms with Gasteiger partial charge in [-0.25, -0.2) is 0 Å². The van der Waals surface area contributed by atoms with E-state index in [-0.39, 0.29) is 18.3 Å². The number of carbonyl (C=O) groups excluding carboxylic acids is 2. The van der Waals surface area contributed by atoms with Crippen molar-refractivity contribution in [3.63, 3.8) is 0 Å². The number of rotatable bonds is 5. The number of amides is 2. The Morgan fingerprint density at radius 1 is 1.41 bits per heavy atom. The van der Waals surface area contributed by atoms with Gasteiger partial charge in [-0.15, -0.1) is 23.7 Å². The van der Waals surface area contributed by atoms with Crippen molar-refractivity contribution in [2.24, 2.45) is 5.73 Å². The number of hydrogen-bond acceptors (Lipinski definition) is 5. The van der Waals surface area contributed by atoms with Crippen molar-refractivity contribution in [2.45, 2.75) is 53.2 Å². The minimum absolute atomic E-state index is 0. The predicted molar refractivity (Wildman–Crippen MR) is 110 cm³/mol. The van der Waals surface area contributed by atoms with Crippen LogP contribution in [-0.4, -0.2) is 39.1 Å². The molecule has 0 spiro atoms. The molecule has 0 aromatic carbocycles. The Kier molecular flexibility index (Phi) is 6.67. The van der Waals surface area contributed by atoms with Gasteiger partial charge in [0.25, 0.3) is 11.8 Å². The van der Waals surface area contributed by atoms with Crippen LogP contribution in [0.3, 0.4) is 0 Å². The lowest BCUT2D eigenvalue weighted by molar-refractivity contribution is 0.0999. The van der Waals surface area contributed by atoms with Crippen molar-refractivity contribution in [2.75, 3.05) is 11.9 Å². The van der Waals surface area contributed by atoms with Crippen LogP contribution >= 0.6 is 23.7 Å². The maximum absolute atomic E-state index is 12.6. The highest BCUT2D eigenvalue weighted by atomic mass is 35.5. The van der Waals surface area contributed by atoms with E-state index >= 15 is 0 Å². The number of nitrogens with two attached hydrogens (primary N) is 1. The first-order valence-electron chi connectivity index (χ1n) is 8.86. The third-order valence-electron chi connectivity index (χ3n) is 4.80. The summed E-state index contributed by atoms with van der Waals surface area (Å²) < 4.78 is 1.77. The van der Waals surface area contributed by atoms with Crippen LogP contribution in [0.15, 0.2) is 6.07 Å². The molecule has 9 heteroatoms. The largest absolute Gasteiger partial charge is 0.365 e. The van der Waals surface area contributed by atoms with E-state index in [4.69, 9.17) is 5.73 Å². The molecule has 0 aliphatic carbocycles. The number of halogens is 1. The quantitative estimate of drug-likeness (QED) is 0.791. The van der Waals surface area contributed by atoms with Crippen molar-refractivity contribution in [1.29, 1.82) is 0 Å². The van der Waals surface area contributed by atoms with Gasteiger partial charge in [0, 0.05) is 36.2 Å². The van der Waals surface area contributed by atoms with Crippen molar-refractivity contribution < 1.29 is 9.59 Å². The number of primary amides is 1. The first kappa shape index (κ1) is 21.4. The number of thiophene rings is 1. The SMILES string of the molecule is CCn1nc(C(=O)Nc2sc3c(c2C(N)=O)CCN(C(C)C)C3)cc1C.Cl. The summed E-state index contributed by atoms with van der Waals surface area (Å²) in [6.07, 6.45) is 0.766. The minimum atomic E-state index is -0.494. The van der Waals surface area contributed by atoms with Crippen molar-refractivity contribution in [3.05, 3.63) is 33.5 Å². The topological polar surface area (TPSA) is 93.2 Å². The van der Waals surface area contributed by atoms with Crippen LogP contribution in [0.2, 0.25) is 0 Å². The lowest BCUT2D eigenvalue weighted by atomic mass is 10.0. The third kappa shape index (κ3) is 4.17. The second-order valence-corrected chi connectivity index (χ2v) is 7.93. The molecule has 7 nitrogen and oxygen atoms in total. The predicted octanol–water partition coefficient (Wildman–Crippen LogP) is 2.81. The van der Waals surface area contributed by atoms with Gasteiger partial charge in [-0.2, -0.15) is 5.10 Å². The number of aromatic nitrogens is 2. The Labute approximate surface area is 169 Å². The molecule has 0 fully saturated rings. The van der Waals surface area contributed by atoms with Gasteiger partial charge in [0.15, 0.2) is 5.69 Å². The second-order valence-electron chi connectivity index (χ2n) is 6.83. The first-order chi connectivity index (χ1) is 12.3. The van der Waals surface area contributed by atoms with Crippen LogP contribution in [0.5, 0.6) is 0 Å². The van der Waals surface area contributed by atoms with E-state index in [0.29, 0.717) is 28.8 Å². The summed E-state index contributed by atoms with van der Waals surface area (Å²) >= 11 is 1.44. The number of nitrogens with one attached hydrogen (secondary N) is 1. The van der Waals surface area contributed by atoms with E-state index in [2.05, 4.69) is 29.2 Å². The molecule has 0 bridgehead atoms. The fourth-order valence-corrected chi connectivity index (χ4v) is 4.59. The van der Waals surface area contributed by atoms with Gasteiger partial charge in [0.1, 0.15) is 5.00 Å². The highest BCUT2D eigenvalue weighted by Crippen LogP contribution is 2.37. The molecular weight excluding hydrogens is 386 g/mol. The summed E-state index contributed by atoms with van der Waals surface area (Å²) in [5.41, 5.74) is 8.32. The average Bonchev–Trinajstić information content (AvgIpc) is 3.13. The second kappa shape index (κ2) is 8.41. The summed E-state index contributed by atoms with van der Waals surface area (Å²) in [6, 6.07) is 2.18. The summed E-state index contributed by atoms with van der Waals surface area (Å²) in [6.45, 7) is 10.6. The molecule has 1 aliphatic rings. The summed E-state index contributed by atoms with van der Waals surface area (Å²) in [7, 11) is 0. The zero-order valence-corrected chi connectivity index (χ0v) is 17.7. The van der Waals surface area contributed by atoms with Gasteiger partial charge in [-0.05, 0) is 45.7 Å². The molecular formula is C18H26ClN5O2S. The van der Waals surface area contributed by atoms with Crippen molar-refractivity contribution >= 4 is 40.6 Å². The van der Waals surface area contributed by atoms with Gasteiger partial charge >= 0.3 is 0 Å². The molecule has 2 aromatic heterocycles. The van der Waals surface area contributed by atoms with Gasteiger partial charge in [-0.3, -0.25) is 19.2 Å². The van der Waals surface area contributed by atoms with Crippen molar-refractivity contribution in [3.8, 4) is 0 Å².